The van der Waals surface area contributed by atoms with Gasteiger partial charge in [0.25, 0.3) is 5.91 Å². The molecule has 0 aliphatic heterocycles. The highest BCUT2D eigenvalue weighted by Gasteiger charge is 2.14. The number of nitrogens with zero attached hydrogens (tertiary/aromatic N) is 3. The van der Waals surface area contributed by atoms with Gasteiger partial charge in [0.2, 0.25) is 0 Å². The Bertz CT molecular complexity index is 633. The summed E-state index contributed by atoms with van der Waals surface area (Å²) in [4.78, 5) is 11.1. The van der Waals surface area contributed by atoms with Gasteiger partial charge in [-0.05, 0) is 28.1 Å². The number of nitrogens with two attached hydrogens (primary N) is 1. The van der Waals surface area contributed by atoms with Gasteiger partial charge < -0.3 is 10.9 Å². The quantitative estimate of drug-likeness (QED) is 0.492. The maximum Gasteiger partial charge on any atom is 0.271 e. The summed E-state index contributed by atoms with van der Waals surface area (Å²) in [5.41, 5.74) is 6.13. The van der Waals surface area contributed by atoms with Crippen molar-refractivity contribution in [3.05, 3.63) is 28.4 Å². The minimum absolute atomic E-state index is 0.184. The number of halogens is 1. The summed E-state index contributed by atoms with van der Waals surface area (Å²) in [6.07, 6.45) is 1.79. The van der Waals surface area contributed by atoms with Crippen LogP contribution in [-0.2, 0) is 11.8 Å². The molecule has 6 nitrogen and oxygen atoms in total. The van der Waals surface area contributed by atoms with Crippen LogP contribution in [0.5, 0.6) is 0 Å². The van der Waals surface area contributed by atoms with E-state index in [0.29, 0.717) is 10.0 Å². The van der Waals surface area contributed by atoms with E-state index >= 15 is 0 Å². The molecular formula is C10H9BrN4O2. The lowest BCUT2D eigenvalue weighted by molar-refractivity contribution is -0.112. The van der Waals surface area contributed by atoms with Gasteiger partial charge in [-0.25, -0.2) is 0 Å². The first-order valence-corrected chi connectivity index (χ1v) is 5.47. The summed E-state index contributed by atoms with van der Waals surface area (Å²) in [6.45, 7) is 0. The summed E-state index contributed by atoms with van der Waals surface area (Å²) in [5.74, 6) is -0.789. The molecule has 0 saturated heterocycles. The van der Waals surface area contributed by atoms with Crippen molar-refractivity contribution in [2.24, 2.45) is 17.9 Å². The molecule has 0 bridgehead atoms. The van der Waals surface area contributed by atoms with Crippen molar-refractivity contribution in [2.45, 2.75) is 0 Å². The third kappa shape index (κ3) is 2.01. The molecule has 0 radical (unpaired) electrons. The zero-order valence-electron chi connectivity index (χ0n) is 8.88. The average molecular weight is 297 g/mol. The Kier molecular flexibility index (Phi) is 2.84. The summed E-state index contributed by atoms with van der Waals surface area (Å²) in [6, 6.07) is 3.32. The minimum atomic E-state index is -0.789. The van der Waals surface area contributed by atoms with E-state index in [-0.39, 0.29) is 5.71 Å². The second kappa shape index (κ2) is 4.17. The molecule has 3 N–H and O–H groups in total. The van der Waals surface area contributed by atoms with E-state index in [1.54, 1.807) is 30.1 Å². The van der Waals surface area contributed by atoms with E-state index in [9.17, 15) is 4.79 Å². The molecule has 0 atom stereocenters. The molecule has 88 valence electrons. The lowest BCUT2D eigenvalue weighted by atomic mass is 10.1. The summed E-state index contributed by atoms with van der Waals surface area (Å²) < 4.78 is 2.35. The lowest BCUT2D eigenvalue weighted by Gasteiger charge is -2.01. The predicted molar refractivity (Wildman–Crippen MR) is 65.9 cm³/mol. The van der Waals surface area contributed by atoms with Crippen molar-refractivity contribution >= 4 is 38.5 Å². The molecule has 1 aromatic carbocycles. The van der Waals surface area contributed by atoms with Crippen LogP contribution in [0.1, 0.15) is 5.56 Å². The van der Waals surface area contributed by atoms with Crippen molar-refractivity contribution in [1.82, 2.24) is 9.78 Å². The summed E-state index contributed by atoms with van der Waals surface area (Å²) in [7, 11) is 1.79. The van der Waals surface area contributed by atoms with Crippen LogP contribution in [0, 0.1) is 0 Å². The highest BCUT2D eigenvalue weighted by atomic mass is 79.9. The van der Waals surface area contributed by atoms with E-state index in [1.165, 1.54) is 0 Å². The third-order valence-electron chi connectivity index (χ3n) is 2.28. The Morgan fingerprint density at radius 1 is 1.59 bits per heavy atom. The van der Waals surface area contributed by atoms with Crippen LogP contribution in [0.3, 0.4) is 0 Å². The first kappa shape index (κ1) is 11.6. The number of rotatable bonds is 2. The smallest absolute Gasteiger partial charge is 0.271 e. The molecule has 2 aromatic rings. The van der Waals surface area contributed by atoms with E-state index in [0.717, 1.165) is 10.9 Å². The SMILES string of the molecule is Cn1cc2cc(C(=NO)C(N)=O)cc(Br)c2n1. The van der Waals surface area contributed by atoms with Gasteiger partial charge in [0.1, 0.15) is 5.52 Å². The van der Waals surface area contributed by atoms with Crippen LogP contribution in [0.4, 0.5) is 0 Å². The Morgan fingerprint density at radius 3 is 2.88 bits per heavy atom. The van der Waals surface area contributed by atoms with Gasteiger partial charge in [-0.15, -0.1) is 0 Å². The lowest BCUT2D eigenvalue weighted by Crippen LogP contribution is -2.24. The first-order chi connectivity index (χ1) is 8.02. The van der Waals surface area contributed by atoms with Crippen LogP contribution in [0.25, 0.3) is 10.9 Å². The molecule has 1 amide bonds. The van der Waals surface area contributed by atoms with Crippen LogP contribution in [0.2, 0.25) is 0 Å². The number of aryl methyl sites for hydroxylation is 1. The molecular weight excluding hydrogens is 288 g/mol. The van der Waals surface area contributed by atoms with E-state index < -0.39 is 5.91 Å². The van der Waals surface area contributed by atoms with Gasteiger partial charge in [-0.1, -0.05) is 5.16 Å². The van der Waals surface area contributed by atoms with E-state index in [1.807, 2.05) is 0 Å². The van der Waals surface area contributed by atoms with E-state index in [2.05, 4.69) is 26.2 Å². The molecule has 1 aromatic heterocycles. The van der Waals surface area contributed by atoms with Gasteiger partial charge >= 0.3 is 0 Å². The zero-order valence-corrected chi connectivity index (χ0v) is 10.5. The predicted octanol–water partition coefficient (Wildman–Crippen LogP) is 0.999. The molecule has 0 fully saturated rings. The molecule has 17 heavy (non-hydrogen) atoms. The Balaban J connectivity index is 2.68. The van der Waals surface area contributed by atoms with Gasteiger partial charge in [0.05, 0.1) is 0 Å². The molecule has 2 rings (SSSR count). The fourth-order valence-corrected chi connectivity index (χ4v) is 2.15. The summed E-state index contributed by atoms with van der Waals surface area (Å²) in [5, 5.41) is 16.7. The zero-order chi connectivity index (χ0) is 12.6. The molecule has 0 saturated carbocycles. The number of carbonyl (C=O) groups is 1. The Labute approximate surface area is 105 Å². The largest absolute Gasteiger partial charge is 0.410 e. The van der Waals surface area contributed by atoms with Crippen LogP contribution >= 0.6 is 15.9 Å². The molecule has 0 aliphatic carbocycles. The second-order valence-corrected chi connectivity index (χ2v) is 4.37. The number of benzene rings is 1. The maximum atomic E-state index is 11.1. The highest BCUT2D eigenvalue weighted by molar-refractivity contribution is 9.10. The van der Waals surface area contributed by atoms with Gasteiger partial charge in [-0.3, -0.25) is 9.48 Å². The number of primary amides is 1. The highest BCUT2D eigenvalue weighted by Crippen LogP contribution is 2.24. The first-order valence-electron chi connectivity index (χ1n) is 4.68. The number of oxime groups is 1. The molecule has 1 heterocycles. The van der Waals surface area contributed by atoms with Gasteiger partial charge in [0, 0.05) is 28.7 Å². The standard InChI is InChI=1S/C10H9BrN4O2/c1-15-4-6-2-5(9(14-17)10(12)16)3-7(11)8(6)13-15/h2-4,17H,1H3,(H2,12,16). The fourth-order valence-electron chi connectivity index (χ4n) is 1.60. The maximum absolute atomic E-state index is 11.1. The van der Waals surface area contributed by atoms with Crippen molar-refractivity contribution in [1.29, 1.82) is 0 Å². The number of aromatic nitrogens is 2. The number of hydrogen-bond donors (Lipinski definition) is 2. The van der Waals surface area contributed by atoms with Crippen LogP contribution < -0.4 is 5.73 Å². The van der Waals surface area contributed by atoms with Crippen molar-refractivity contribution < 1.29 is 10.0 Å². The molecule has 0 spiro atoms. The fraction of sp³-hybridized carbons (Fsp3) is 0.100. The second-order valence-electron chi connectivity index (χ2n) is 3.51. The summed E-state index contributed by atoms with van der Waals surface area (Å²) >= 11 is 3.34. The van der Waals surface area contributed by atoms with Gasteiger partial charge in [-0.2, -0.15) is 5.10 Å². The minimum Gasteiger partial charge on any atom is -0.410 e. The number of hydrogen-bond acceptors (Lipinski definition) is 4. The topological polar surface area (TPSA) is 93.5 Å². The van der Waals surface area contributed by atoms with Crippen LogP contribution in [-0.4, -0.2) is 26.6 Å². The Morgan fingerprint density at radius 2 is 2.29 bits per heavy atom. The number of carbonyl (C=O) groups excluding carboxylic acids is 1. The normalized spacial score (nSPS) is 12.0. The monoisotopic (exact) mass is 296 g/mol. The molecule has 0 unspecified atom stereocenters. The van der Waals surface area contributed by atoms with Crippen molar-refractivity contribution in [2.75, 3.05) is 0 Å². The van der Waals surface area contributed by atoms with E-state index in [4.69, 9.17) is 10.9 Å². The van der Waals surface area contributed by atoms with Crippen molar-refractivity contribution in [3.63, 3.8) is 0 Å². The third-order valence-corrected chi connectivity index (χ3v) is 2.89. The Hall–Kier alpha value is -1.89. The van der Waals surface area contributed by atoms with Crippen molar-refractivity contribution in [3.8, 4) is 0 Å². The molecule has 0 aliphatic rings. The van der Waals surface area contributed by atoms with Crippen LogP contribution in [0.15, 0.2) is 28.0 Å². The average Bonchev–Trinajstić information content (AvgIpc) is 2.59. The molecule has 7 heteroatoms. The number of fused-ring (bicyclic) bond motifs is 1. The number of amides is 1. The van der Waals surface area contributed by atoms with Gasteiger partial charge in [0.15, 0.2) is 5.71 Å².